The van der Waals surface area contributed by atoms with Gasteiger partial charge in [-0.1, -0.05) is 0 Å². The third-order valence-corrected chi connectivity index (χ3v) is 2.85. The molecule has 4 fully saturated rings. The van der Waals surface area contributed by atoms with E-state index in [1.807, 2.05) is 0 Å². The molecule has 4 atom stereocenters. The molecule has 1 N–H and O–H groups in total. The van der Waals surface area contributed by atoms with Crippen molar-refractivity contribution in [3.8, 4) is 0 Å². The Morgan fingerprint density at radius 3 is 2.89 bits per heavy atom. The zero-order chi connectivity index (χ0) is 5.84. The average molecular weight is 125 g/mol. The van der Waals surface area contributed by atoms with Crippen LogP contribution in [-0.4, -0.2) is 24.3 Å². The lowest BCUT2D eigenvalue weighted by Gasteiger charge is -2.24. The molecule has 0 amide bonds. The van der Waals surface area contributed by atoms with Gasteiger partial charge in [-0.2, -0.15) is 0 Å². The maximum atomic E-state index is 5.69. The molecule has 4 bridgehead atoms. The molecule has 4 aliphatic heterocycles. The second-order valence-corrected chi connectivity index (χ2v) is 3.47. The first-order valence-electron chi connectivity index (χ1n) is 3.83. The summed E-state index contributed by atoms with van der Waals surface area (Å²) in [5.74, 6) is 0. The molecule has 0 saturated carbocycles. The van der Waals surface area contributed by atoms with Crippen molar-refractivity contribution in [2.75, 3.05) is 0 Å². The average Bonchev–Trinajstić information content (AvgIpc) is 2.20. The fourth-order valence-corrected chi connectivity index (χ4v) is 2.51. The smallest absolute Gasteiger partial charge is 0.0747 e. The van der Waals surface area contributed by atoms with Gasteiger partial charge in [0, 0.05) is 12.1 Å². The van der Waals surface area contributed by atoms with E-state index in [0.717, 1.165) is 12.1 Å². The van der Waals surface area contributed by atoms with Crippen LogP contribution in [0.2, 0.25) is 0 Å². The van der Waals surface area contributed by atoms with Gasteiger partial charge in [0.25, 0.3) is 0 Å². The number of piperidine rings is 1. The Morgan fingerprint density at radius 2 is 2.22 bits per heavy atom. The summed E-state index contributed by atoms with van der Waals surface area (Å²) < 4.78 is 5.69. The standard InChI is InChI=1S/C7H11NO/c1-4-2-7-6(8-4)3-5(1)9-7/h4-8H,1-3H2/t4-,5-,6+,7+/m0/s1. The van der Waals surface area contributed by atoms with Gasteiger partial charge in [-0.05, 0) is 19.3 Å². The van der Waals surface area contributed by atoms with Crippen molar-refractivity contribution in [2.45, 2.75) is 43.6 Å². The molecule has 0 aromatic carbocycles. The summed E-state index contributed by atoms with van der Waals surface area (Å²) >= 11 is 0. The Balaban J connectivity index is 2.00. The normalized spacial score (nSPS) is 61.3. The van der Waals surface area contributed by atoms with Gasteiger partial charge in [-0.15, -0.1) is 0 Å². The third-order valence-electron chi connectivity index (χ3n) is 2.85. The van der Waals surface area contributed by atoms with E-state index >= 15 is 0 Å². The minimum absolute atomic E-state index is 0.591. The molecular formula is C7H11NO. The number of rotatable bonds is 0. The van der Waals surface area contributed by atoms with Gasteiger partial charge in [0.15, 0.2) is 0 Å². The highest BCUT2D eigenvalue weighted by molar-refractivity contribution is 5.04. The molecule has 4 saturated heterocycles. The zero-order valence-electron chi connectivity index (χ0n) is 5.34. The van der Waals surface area contributed by atoms with Gasteiger partial charge >= 0.3 is 0 Å². The topological polar surface area (TPSA) is 21.3 Å². The first-order chi connectivity index (χ1) is 4.42. The lowest BCUT2D eigenvalue weighted by molar-refractivity contribution is 0.0114. The fraction of sp³-hybridized carbons (Fsp3) is 1.00. The molecule has 0 aliphatic carbocycles. The van der Waals surface area contributed by atoms with Crippen LogP contribution in [0, 0.1) is 0 Å². The van der Waals surface area contributed by atoms with Crippen LogP contribution in [0.5, 0.6) is 0 Å². The van der Waals surface area contributed by atoms with Crippen LogP contribution < -0.4 is 5.32 Å². The van der Waals surface area contributed by atoms with E-state index in [1.54, 1.807) is 0 Å². The van der Waals surface area contributed by atoms with Crippen molar-refractivity contribution in [1.29, 1.82) is 0 Å². The van der Waals surface area contributed by atoms with E-state index < -0.39 is 0 Å². The lowest BCUT2D eigenvalue weighted by atomic mass is 10.0. The maximum Gasteiger partial charge on any atom is 0.0747 e. The highest BCUT2D eigenvalue weighted by Crippen LogP contribution is 2.38. The van der Waals surface area contributed by atoms with E-state index in [9.17, 15) is 0 Å². The molecule has 2 nitrogen and oxygen atoms in total. The molecule has 0 aromatic heterocycles. The number of nitrogens with one attached hydrogen (secondary N) is 1. The quantitative estimate of drug-likeness (QED) is 0.502. The van der Waals surface area contributed by atoms with Crippen LogP contribution in [0.4, 0.5) is 0 Å². The Hall–Kier alpha value is -0.0800. The predicted octanol–water partition coefficient (Wildman–Crippen LogP) is 0.278. The SMILES string of the molecule is C1[C@H]2C[C@H]3O[C@@H]1C[C@H]3N2. The van der Waals surface area contributed by atoms with Gasteiger partial charge < -0.3 is 10.1 Å². The van der Waals surface area contributed by atoms with Crippen molar-refractivity contribution in [2.24, 2.45) is 0 Å². The van der Waals surface area contributed by atoms with Gasteiger partial charge in [0.1, 0.15) is 0 Å². The van der Waals surface area contributed by atoms with Crippen LogP contribution in [-0.2, 0) is 4.74 Å². The van der Waals surface area contributed by atoms with Crippen LogP contribution in [0.3, 0.4) is 0 Å². The minimum atomic E-state index is 0.591. The van der Waals surface area contributed by atoms with E-state index in [2.05, 4.69) is 5.32 Å². The first kappa shape index (κ1) is 4.69. The molecule has 50 valence electrons. The van der Waals surface area contributed by atoms with Crippen molar-refractivity contribution >= 4 is 0 Å². The van der Waals surface area contributed by atoms with Crippen LogP contribution >= 0.6 is 0 Å². The van der Waals surface area contributed by atoms with Gasteiger partial charge in [-0.25, -0.2) is 0 Å². The van der Waals surface area contributed by atoms with Crippen LogP contribution in [0.25, 0.3) is 0 Å². The Kier molecular flexibility index (Phi) is 0.691. The minimum Gasteiger partial charge on any atom is -0.373 e. The monoisotopic (exact) mass is 125 g/mol. The summed E-state index contributed by atoms with van der Waals surface area (Å²) in [6, 6.07) is 1.54. The molecule has 4 rings (SSSR count). The Labute approximate surface area is 54.6 Å². The third kappa shape index (κ3) is 0.485. The molecule has 0 unspecified atom stereocenters. The van der Waals surface area contributed by atoms with E-state index in [1.165, 1.54) is 19.3 Å². The number of ether oxygens (including phenoxy) is 1. The lowest BCUT2D eigenvalue weighted by Crippen LogP contribution is -2.37. The second kappa shape index (κ2) is 1.32. The molecule has 0 radical (unpaired) electrons. The molecule has 4 aliphatic rings. The second-order valence-electron chi connectivity index (χ2n) is 3.47. The number of hydrogen-bond donors (Lipinski definition) is 1. The number of hydrogen-bond acceptors (Lipinski definition) is 2. The van der Waals surface area contributed by atoms with Crippen molar-refractivity contribution in [1.82, 2.24) is 5.32 Å². The summed E-state index contributed by atoms with van der Waals surface area (Å²) in [5, 5.41) is 3.56. The van der Waals surface area contributed by atoms with Gasteiger partial charge in [0.05, 0.1) is 12.2 Å². The van der Waals surface area contributed by atoms with Crippen molar-refractivity contribution < 1.29 is 4.74 Å². The van der Waals surface area contributed by atoms with Gasteiger partial charge in [0.2, 0.25) is 0 Å². The summed E-state index contributed by atoms with van der Waals surface area (Å²) in [4.78, 5) is 0. The molecule has 2 heteroatoms. The summed E-state index contributed by atoms with van der Waals surface area (Å²) in [6.07, 6.45) is 5.05. The predicted molar refractivity (Wildman–Crippen MR) is 33.2 cm³/mol. The first-order valence-corrected chi connectivity index (χ1v) is 3.83. The van der Waals surface area contributed by atoms with Gasteiger partial charge in [-0.3, -0.25) is 0 Å². The largest absolute Gasteiger partial charge is 0.373 e. The van der Waals surface area contributed by atoms with Crippen LogP contribution in [0.1, 0.15) is 19.3 Å². The molecule has 0 spiro atoms. The summed E-state index contributed by atoms with van der Waals surface area (Å²) in [5.41, 5.74) is 0. The summed E-state index contributed by atoms with van der Waals surface area (Å²) in [7, 11) is 0. The highest BCUT2D eigenvalue weighted by Gasteiger charge is 2.48. The highest BCUT2D eigenvalue weighted by atomic mass is 16.5. The zero-order valence-corrected chi connectivity index (χ0v) is 5.34. The Bertz CT molecular complexity index is 114. The molecule has 0 aromatic rings. The molecule has 9 heavy (non-hydrogen) atoms. The molecular weight excluding hydrogens is 114 g/mol. The Morgan fingerprint density at radius 1 is 1.22 bits per heavy atom. The van der Waals surface area contributed by atoms with E-state index in [-0.39, 0.29) is 0 Å². The van der Waals surface area contributed by atoms with E-state index in [4.69, 9.17) is 4.74 Å². The van der Waals surface area contributed by atoms with Crippen LogP contribution in [0.15, 0.2) is 0 Å². The van der Waals surface area contributed by atoms with E-state index in [0.29, 0.717) is 12.2 Å². The summed E-state index contributed by atoms with van der Waals surface area (Å²) in [6.45, 7) is 0. The van der Waals surface area contributed by atoms with Crippen molar-refractivity contribution in [3.05, 3.63) is 0 Å². The maximum absolute atomic E-state index is 5.69. The van der Waals surface area contributed by atoms with Crippen molar-refractivity contribution in [3.63, 3.8) is 0 Å². The fourth-order valence-electron chi connectivity index (χ4n) is 2.51. The molecule has 4 heterocycles.